The Hall–Kier alpha value is -2.42. The predicted molar refractivity (Wildman–Crippen MR) is 83.2 cm³/mol. The summed E-state index contributed by atoms with van der Waals surface area (Å²) < 4.78 is 5.31. The summed E-state index contributed by atoms with van der Waals surface area (Å²) in [6, 6.07) is 18.1. The van der Waals surface area contributed by atoms with E-state index < -0.39 is 5.54 Å². The van der Waals surface area contributed by atoms with Crippen molar-refractivity contribution in [1.29, 1.82) is 0 Å². The fourth-order valence-electron chi connectivity index (χ4n) is 2.27. The Morgan fingerprint density at radius 3 is 2.10 bits per heavy atom. The molecule has 0 radical (unpaired) electrons. The van der Waals surface area contributed by atoms with Gasteiger partial charge in [-0.15, -0.1) is 0 Å². The second-order valence-electron chi connectivity index (χ2n) is 5.38. The molecular formula is C18H17NO2. The molecule has 0 saturated heterocycles. The van der Waals surface area contributed by atoms with Gasteiger partial charge in [-0.1, -0.05) is 49.4 Å². The zero-order valence-electron chi connectivity index (χ0n) is 12.2. The van der Waals surface area contributed by atoms with E-state index in [2.05, 4.69) is 17.1 Å². The van der Waals surface area contributed by atoms with Crippen LogP contribution < -0.4 is 0 Å². The largest absolute Gasteiger partial charge is 0.405 e. The molecule has 1 aliphatic heterocycles. The Labute approximate surface area is 124 Å². The molecule has 0 amide bonds. The summed E-state index contributed by atoms with van der Waals surface area (Å²) in [4.78, 5) is 16.3. The first kappa shape index (κ1) is 13.6. The summed E-state index contributed by atoms with van der Waals surface area (Å²) in [5.74, 6) is 0.149. The van der Waals surface area contributed by atoms with Crippen LogP contribution in [0.5, 0.6) is 0 Å². The Bertz CT molecular complexity index is 689. The van der Waals surface area contributed by atoms with Crippen LogP contribution in [0.2, 0.25) is 0 Å². The fraction of sp³-hybridized carbons (Fsp3) is 0.222. The van der Waals surface area contributed by atoms with Crippen molar-refractivity contribution in [3.05, 3.63) is 60.2 Å². The molecule has 3 nitrogen and oxygen atoms in total. The van der Waals surface area contributed by atoms with Crippen molar-refractivity contribution in [1.82, 2.24) is 0 Å². The van der Waals surface area contributed by atoms with Gasteiger partial charge in [0.25, 0.3) is 0 Å². The van der Waals surface area contributed by atoms with Crippen LogP contribution in [-0.2, 0) is 9.53 Å². The molecular weight excluding hydrogens is 262 g/mol. The summed E-state index contributed by atoms with van der Waals surface area (Å²) in [5, 5.41) is 0. The van der Waals surface area contributed by atoms with E-state index in [0.29, 0.717) is 12.3 Å². The molecule has 0 bridgehead atoms. The summed E-state index contributed by atoms with van der Waals surface area (Å²) in [5.41, 5.74) is 2.38. The van der Waals surface area contributed by atoms with Crippen molar-refractivity contribution < 1.29 is 9.53 Å². The van der Waals surface area contributed by atoms with Gasteiger partial charge in [-0.25, -0.2) is 9.79 Å². The van der Waals surface area contributed by atoms with Gasteiger partial charge >= 0.3 is 5.97 Å². The molecule has 1 heterocycles. The topological polar surface area (TPSA) is 38.7 Å². The van der Waals surface area contributed by atoms with Crippen LogP contribution in [0.1, 0.15) is 25.8 Å². The van der Waals surface area contributed by atoms with Gasteiger partial charge in [-0.3, -0.25) is 0 Å². The van der Waals surface area contributed by atoms with Gasteiger partial charge in [-0.05, 0) is 36.6 Å². The van der Waals surface area contributed by atoms with Crippen LogP contribution in [0.25, 0.3) is 11.1 Å². The van der Waals surface area contributed by atoms with Gasteiger partial charge in [-0.2, -0.15) is 0 Å². The fourth-order valence-corrected chi connectivity index (χ4v) is 2.27. The molecule has 106 valence electrons. The number of ether oxygens (including phenoxy) is 1. The standard InChI is InChI=1S/C18H17NO2/c1-3-18(2)17(20)21-16(19-18)15-11-9-14(10-12-15)13-7-5-4-6-8-13/h4-12H,3H2,1-2H3. The molecule has 0 saturated carbocycles. The first-order valence-corrected chi connectivity index (χ1v) is 7.10. The van der Waals surface area contributed by atoms with E-state index in [0.717, 1.165) is 16.7 Å². The number of carbonyl (C=O) groups is 1. The third-order valence-electron chi connectivity index (χ3n) is 3.90. The number of nitrogens with zero attached hydrogens (tertiary/aromatic N) is 1. The zero-order valence-corrected chi connectivity index (χ0v) is 12.2. The van der Waals surface area contributed by atoms with Crippen LogP contribution in [-0.4, -0.2) is 17.4 Å². The molecule has 2 aromatic carbocycles. The third kappa shape index (κ3) is 2.47. The summed E-state index contributed by atoms with van der Waals surface area (Å²) in [6.07, 6.45) is 0.636. The monoisotopic (exact) mass is 279 g/mol. The quantitative estimate of drug-likeness (QED) is 0.801. The van der Waals surface area contributed by atoms with E-state index in [9.17, 15) is 4.79 Å². The molecule has 0 spiro atoms. The average molecular weight is 279 g/mol. The van der Waals surface area contributed by atoms with E-state index >= 15 is 0 Å². The Morgan fingerprint density at radius 2 is 1.52 bits per heavy atom. The molecule has 0 aliphatic carbocycles. The lowest BCUT2D eigenvalue weighted by Crippen LogP contribution is -2.28. The summed E-state index contributed by atoms with van der Waals surface area (Å²) >= 11 is 0. The van der Waals surface area contributed by atoms with Gasteiger partial charge in [0.1, 0.15) is 0 Å². The van der Waals surface area contributed by atoms with Gasteiger partial charge in [0.05, 0.1) is 0 Å². The minimum absolute atomic E-state index is 0.271. The van der Waals surface area contributed by atoms with Gasteiger partial charge < -0.3 is 4.74 Å². The highest BCUT2D eigenvalue weighted by Gasteiger charge is 2.40. The van der Waals surface area contributed by atoms with Crippen molar-refractivity contribution in [3.8, 4) is 11.1 Å². The lowest BCUT2D eigenvalue weighted by Gasteiger charge is -2.11. The number of benzene rings is 2. The molecule has 0 aromatic heterocycles. The summed E-state index contributed by atoms with van der Waals surface area (Å²) in [7, 11) is 0. The van der Waals surface area contributed by atoms with Crippen LogP contribution in [0.15, 0.2) is 59.6 Å². The lowest BCUT2D eigenvalue weighted by molar-refractivity contribution is -0.138. The molecule has 1 unspecified atom stereocenters. The highest BCUT2D eigenvalue weighted by atomic mass is 16.6. The Kier molecular flexibility index (Phi) is 3.34. The van der Waals surface area contributed by atoms with Crippen molar-refractivity contribution >= 4 is 11.9 Å². The van der Waals surface area contributed by atoms with Crippen molar-refractivity contribution in [2.24, 2.45) is 4.99 Å². The number of cyclic esters (lactones) is 1. The second-order valence-corrected chi connectivity index (χ2v) is 5.38. The van der Waals surface area contributed by atoms with Crippen LogP contribution >= 0.6 is 0 Å². The third-order valence-corrected chi connectivity index (χ3v) is 3.90. The Balaban J connectivity index is 1.89. The smallest absolute Gasteiger partial charge is 0.340 e. The maximum atomic E-state index is 11.9. The van der Waals surface area contributed by atoms with E-state index in [-0.39, 0.29) is 5.97 Å². The number of esters is 1. The van der Waals surface area contributed by atoms with Gasteiger partial charge in [0.2, 0.25) is 5.90 Å². The normalized spacial score (nSPS) is 21.0. The van der Waals surface area contributed by atoms with Crippen molar-refractivity contribution in [2.75, 3.05) is 0 Å². The molecule has 3 heteroatoms. The van der Waals surface area contributed by atoms with Crippen LogP contribution in [0.4, 0.5) is 0 Å². The highest BCUT2D eigenvalue weighted by molar-refractivity contribution is 6.07. The molecule has 0 fully saturated rings. The molecule has 1 atom stereocenters. The molecule has 1 aliphatic rings. The number of aliphatic imine (C=N–C) groups is 1. The maximum absolute atomic E-state index is 11.9. The zero-order chi connectivity index (χ0) is 14.9. The van der Waals surface area contributed by atoms with E-state index in [4.69, 9.17) is 4.74 Å². The predicted octanol–water partition coefficient (Wildman–Crippen LogP) is 3.83. The van der Waals surface area contributed by atoms with Gasteiger partial charge in [0.15, 0.2) is 5.54 Å². The van der Waals surface area contributed by atoms with Gasteiger partial charge in [0, 0.05) is 5.56 Å². The van der Waals surface area contributed by atoms with Crippen LogP contribution in [0.3, 0.4) is 0 Å². The molecule has 21 heavy (non-hydrogen) atoms. The number of rotatable bonds is 3. The average Bonchev–Trinajstić information content (AvgIpc) is 2.85. The minimum atomic E-state index is -0.743. The first-order chi connectivity index (χ1) is 10.1. The molecule has 3 rings (SSSR count). The number of hydrogen-bond donors (Lipinski definition) is 0. The highest BCUT2D eigenvalue weighted by Crippen LogP contribution is 2.27. The number of carbonyl (C=O) groups excluding carboxylic acids is 1. The molecule has 2 aromatic rings. The SMILES string of the molecule is CCC1(C)N=C(c2ccc(-c3ccccc3)cc2)OC1=O. The number of hydrogen-bond acceptors (Lipinski definition) is 3. The summed E-state index contributed by atoms with van der Waals surface area (Å²) in [6.45, 7) is 3.74. The second kappa shape index (κ2) is 5.17. The van der Waals surface area contributed by atoms with E-state index in [1.165, 1.54) is 0 Å². The lowest BCUT2D eigenvalue weighted by atomic mass is 10.0. The maximum Gasteiger partial charge on any atom is 0.340 e. The van der Waals surface area contributed by atoms with Crippen molar-refractivity contribution in [2.45, 2.75) is 25.8 Å². The minimum Gasteiger partial charge on any atom is -0.405 e. The molecule has 0 N–H and O–H groups in total. The van der Waals surface area contributed by atoms with Crippen molar-refractivity contribution in [3.63, 3.8) is 0 Å². The first-order valence-electron chi connectivity index (χ1n) is 7.10. The van der Waals surface area contributed by atoms with E-state index in [1.807, 2.05) is 49.4 Å². The van der Waals surface area contributed by atoms with E-state index in [1.54, 1.807) is 6.92 Å². The van der Waals surface area contributed by atoms with Crippen LogP contribution in [0, 0.1) is 0 Å². The Morgan fingerprint density at radius 1 is 0.952 bits per heavy atom.